The molecule has 0 aliphatic heterocycles. The zero-order valence-electron chi connectivity index (χ0n) is 8.39. The SMILES string of the molecule is CCO[N+](C)(C)CC.O=S(=O)(O)O. The molecule has 0 aromatic heterocycles. The molecule has 0 unspecified atom stereocenters. The van der Waals surface area contributed by atoms with Crippen molar-refractivity contribution in [2.24, 2.45) is 0 Å². The van der Waals surface area contributed by atoms with E-state index >= 15 is 0 Å². The van der Waals surface area contributed by atoms with Crippen LogP contribution in [-0.4, -0.2) is 49.4 Å². The fourth-order valence-corrected chi connectivity index (χ4v) is 0.441. The first-order valence-corrected chi connectivity index (χ1v) is 5.19. The molecule has 0 bridgehead atoms. The lowest BCUT2D eigenvalue weighted by Gasteiger charge is -2.23. The molecule has 0 saturated heterocycles. The van der Waals surface area contributed by atoms with Crippen LogP contribution in [0.4, 0.5) is 0 Å². The highest BCUT2D eigenvalue weighted by Crippen LogP contribution is 1.95. The van der Waals surface area contributed by atoms with E-state index in [0.717, 1.165) is 13.2 Å². The molecule has 0 aromatic carbocycles. The summed E-state index contributed by atoms with van der Waals surface area (Å²) in [5, 5.41) is 0. The minimum atomic E-state index is -4.67. The Morgan fingerprint density at radius 2 is 1.54 bits per heavy atom. The van der Waals surface area contributed by atoms with Gasteiger partial charge in [-0.1, -0.05) is 0 Å². The Bertz CT molecular complexity index is 203. The Kier molecular flexibility index (Phi) is 7.37. The predicted octanol–water partition coefficient (Wildman–Crippen LogP) is 0.381. The van der Waals surface area contributed by atoms with Crippen LogP contribution in [0, 0.1) is 0 Å². The van der Waals surface area contributed by atoms with Crippen LogP contribution < -0.4 is 0 Å². The van der Waals surface area contributed by atoms with E-state index in [4.69, 9.17) is 22.4 Å². The van der Waals surface area contributed by atoms with Crippen LogP contribution in [-0.2, 0) is 15.2 Å². The van der Waals surface area contributed by atoms with Crippen molar-refractivity contribution in [3.8, 4) is 0 Å². The minimum absolute atomic E-state index is 0.663. The molecule has 13 heavy (non-hydrogen) atoms. The van der Waals surface area contributed by atoms with Gasteiger partial charge in [0.05, 0.1) is 14.1 Å². The maximum absolute atomic E-state index is 8.74. The second kappa shape index (κ2) is 6.28. The first kappa shape index (κ1) is 15.3. The van der Waals surface area contributed by atoms with E-state index < -0.39 is 10.4 Å². The summed E-state index contributed by atoms with van der Waals surface area (Å²) in [5.41, 5.74) is 0. The summed E-state index contributed by atoms with van der Waals surface area (Å²) in [6.45, 7) is 5.93. The van der Waals surface area contributed by atoms with Crippen LogP contribution in [0.3, 0.4) is 0 Å². The average molecular weight is 216 g/mol. The largest absolute Gasteiger partial charge is 0.394 e. The molecule has 0 rings (SSSR count). The van der Waals surface area contributed by atoms with E-state index in [-0.39, 0.29) is 0 Å². The van der Waals surface area contributed by atoms with Crippen molar-refractivity contribution in [2.75, 3.05) is 27.2 Å². The fourth-order valence-electron chi connectivity index (χ4n) is 0.441. The van der Waals surface area contributed by atoms with Crippen molar-refractivity contribution in [1.82, 2.24) is 0 Å². The number of hydrogen-bond donors (Lipinski definition) is 2. The lowest BCUT2D eigenvalue weighted by molar-refractivity contribution is -1.07. The lowest BCUT2D eigenvalue weighted by Crippen LogP contribution is -2.38. The summed E-state index contributed by atoms with van der Waals surface area (Å²) in [6.07, 6.45) is 0. The third-order valence-corrected chi connectivity index (χ3v) is 1.24. The molecule has 0 radical (unpaired) electrons. The van der Waals surface area contributed by atoms with Gasteiger partial charge in [0.2, 0.25) is 0 Å². The molecule has 2 N–H and O–H groups in total. The van der Waals surface area contributed by atoms with Crippen LogP contribution in [0.5, 0.6) is 0 Å². The Morgan fingerprint density at radius 3 is 1.62 bits per heavy atom. The molecule has 7 heteroatoms. The van der Waals surface area contributed by atoms with Crippen LogP contribution in [0.25, 0.3) is 0 Å². The molecule has 0 aromatic rings. The number of hydrogen-bond acceptors (Lipinski definition) is 3. The average Bonchev–Trinajstić information content (AvgIpc) is 1.84. The van der Waals surface area contributed by atoms with Gasteiger partial charge in [0, 0.05) is 0 Å². The Hall–Kier alpha value is -0.210. The molecular weight excluding hydrogens is 198 g/mol. The van der Waals surface area contributed by atoms with E-state index in [1.165, 1.54) is 0 Å². The summed E-state index contributed by atoms with van der Waals surface area (Å²) in [5.74, 6) is 0. The second-order valence-corrected chi connectivity index (χ2v) is 3.65. The standard InChI is InChI=1S/C6H16NO.H2O4S/c1-5-7(3,4)8-6-2;1-5(2,3)4/h5-6H2,1-4H3;(H2,1,2,3,4)/q+1;. The maximum atomic E-state index is 8.74. The van der Waals surface area contributed by atoms with Crippen molar-refractivity contribution < 1.29 is 27.0 Å². The quantitative estimate of drug-likeness (QED) is 0.405. The Labute approximate surface area is 79.2 Å². The van der Waals surface area contributed by atoms with Gasteiger partial charge in [0.25, 0.3) is 0 Å². The molecule has 0 aliphatic carbocycles. The highest BCUT2D eigenvalue weighted by molar-refractivity contribution is 7.79. The molecule has 6 nitrogen and oxygen atoms in total. The first-order valence-electron chi connectivity index (χ1n) is 3.79. The third-order valence-electron chi connectivity index (χ3n) is 1.24. The summed E-state index contributed by atoms with van der Waals surface area (Å²) in [7, 11) is -0.576. The zero-order chi connectivity index (χ0) is 11.1. The minimum Gasteiger partial charge on any atom is -0.264 e. The fraction of sp³-hybridized carbons (Fsp3) is 1.00. The summed E-state index contributed by atoms with van der Waals surface area (Å²) in [6, 6.07) is 0. The van der Waals surface area contributed by atoms with E-state index in [1.807, 2.05) is 21.0 Å². The molecule has 0 amide bonds. The van der Waals surface area contributed by atoms with Gasteiger partial charge in [-0.15, -0.1) is 0 Å². The van der Waals surface area contributed by atoms with Gasteiger partial charge in [-0.25, -0.2) is 4.84 Å². The molecule has 0 heterocycles. The van der Waals surface area contributed by atoms with Gasteiger partial charge in [0.1, 0.15) is 13.2 Å². The van der Waals surface area contributed by atoms with Crippen LogP contribution >= 0.6 is 0 Å². The van der Waals surface area contributed by atoms with Gasteiger partial charge < -0.3 is 0 Å². The van der Waals surface area contributed by atoms with Crippen molar-refractivity contribution in [1.29, 1.82) is 0 Å². The number of nitrogens with zero attached hydrogens (tertiary/aromatic N) is 1. The number of quaternary nitrogens is 1. The topological polar surface area (TPSA) is 83.8 Å². The molecular formula is C6H18NO5S+. The van der Waals surface area contributed by atoms with E-state index in [1.54, 1.807) is 0 Å². The van der Waals surface area contributed by atoms with Gasteiger partial charge in [0.15, 0.2) is 0 Å². The summed E-state index contributed by atoms with van der Waals surface area (Å²) >= 11 is 0. The van der Waals surface area contributed by atoms with Gasteiger partial charge in [-0.2, -0.15) is 13.1 Å². The maximum Gasteiger partial charge on any atom is 0.394 e. The molecule has 0 aliphatic rings. The van der Waals surface area contributed by atoms with E-state index in [0.29, 0.717) is 4.65 Å². The third kappa shape index (κ3) is 24.5. The van der Waals surface area contributed by atoms with E-state index in [9.17, 15) is 0 Å². The molecule has 0 saturated carbocycles. The van der Waals surface area contributed by atoms with Crippen molar-refractivity contribution >= 4 is 10.4 Å². The number of rotatable bonds is 3. The van der Waals surface area contributed by atoms with Crippen LogP contribution in [0.2, 0.25) is 0 Å². The van der Waals surface area contributed by atoms with E-state index in [2.05, 4.69) is 6.92 Å². The molecule has 0 spiro atoms. The van der Waals surface area contributed by atoms with Crippen molar-refractivity contribution in [3.05, 3.63) is 0 Å². The molecule has 0 atom stereocenters. The highest BCUT2D eigenvalue weighted by Gasteiger charge is 2.10. The van der Waals surface area contributed by atoms with Gasteiger partial charge >= 0.3 is 10.4 Å². The molecule has 82 valence electrons. The summed E-state index contributed by atoms with van der Waals surface area (Å²) < 4.78 is 32.2. The molecule has 0 fully saturated rings. The second-order valence-electron chi connectivity index (χ2n) is 2.76. The van der Waals surface area contributed by atoms with Crippen LogP contribution in [0.15, 0.2) is 0 Å². The van der Waals surface area contributed by atoms with Crippen molar-refractivity contribution in [3.63, 3.8) is 0 Å². The zero-order valence-corrected chi connectivity index (χ0v) is 9.21. The first-order chi connectivity index (χ1) is 5.62. The number of hydroxylamine groups is 3. The predicted molar refractivity (Wildman–Crippen MR) is 48.5 cm³/mol. The normalized spacial score (nSPS) is 11.8. The summed E-state index contributed by atoms with van der Waals surface area (Å²) in [4.78, 5) is 5.32. The smallest absolute Gasteiger partial charge is 0.264 e. The van der Waals surface area contributed by atoms with Gasteiger partial charge in [-0.05, 0) is 13.8 Å². The monoisotopic (exact) mass is 216 g/mol. The van der Waals surface area contributed by atoms with Crippen LogP contribution in [0.1, 0.15) is 13.8 Å². The van der Waals surface area contributed by atoms with Gasteiger partial charge in [-0.3, -0.25) is 9.11 Å². The highest BCUT2D eigenvalue weighted by atomic mass is 32.3. The lowest BCUT2D eigenvalue weighted by atomic mass is 10.7. The Morgan fingerprint density at radius 1 is 1.23 bits per heavy atom. The Balaban J connectivity index is 0. The van der Waals surface area contributed by atoms with Crippen molar-refractivity contribution in [2.45, 2.75) is 13.8 Å².